The van der Waals surface area contributed by atoms with Crippen LogP contribution in [0.4, 0.5) is 4.39 Å². The zero-order valence-corrected chi connectivity index (χ0v) is 10.9. The van der Waals surface area contributed by atoms with Gasteiger partial charge in [-0.3, -0.25) is 4.79 Å². The zero-order chi connectivity index (χ0) is 13.5. The van der Waals surface area contributed by atoms with Crippen molar-refractivity contribution in [1.29, 1.82) is 0 Å². The van der Waals surface area contributed by atoms with Gasteiger partial charge in [0.1, 0.15) is 5.82 Å². The van der Waals surface area contributed by atoms with Crippen molar-refractivity contribution in [3.8, 4) is 0 Å². The predicted octanol–water partition coefficient (Wildman–Crippen LogP) is 2.41. The molecule has 100 valence electrons. The molecule has 0 saturated heterocycles. The van der Waals surface area contributed by atoms with Gasteiger partial charge in [-0.2, -0.15) is 0 Å². The molecule has 0 aliphatic carbocycles. The smallest absolute Gasteiger partial charge is 0.303 e. The summed E-state index contributed by atoms with van der Waals surface area (Å²) >= 11 is 0. The molecule has 1 aromatic rings. The molecule has 4 heteroatoms. The van der Waals surface area contributed by atoms with E-state index in [2.05, 4.69) is 0 Å². The highest BCUT2D eigenvalue weighted by Gasteiger charge is 2.11. The number of carboxylic acid groups (broad SMARTS) is 1. The number of carboxylic acids is 1. The van der Waals surface area contributed by atoms with Crippen LogP contribution in [0.15, 0.2) is 24.3 Å². The monoisotopic (exact) mass is 253 g/mol. The van der Waals surface area contributed by atoms with E-state index in [1.165, 1.54) is 6.07 Å². The Bertz CT molecular complexity index is 395. The first-order valence-corrected chi connectivity index (χ1v) is 6.12. The fourth-order valence-electron chi connectivity index (χ4n) is 2.00. The highest BCUT2D eigenvalue weighted by Crippen LogP contribution is 2.09. The molecule has 1 N–H and O–H groups in total. The fraction of sp³-hybridized carbons (Fsp3) is 0.500. The molecule has 3 nitrogen and oxygen atoms in total. The molecule has 0 aliphatic heterocycles. The predicted molar refractivity (Wildman–Crippen MR) is 69.0 cm³/mol. The van der Waals surface area contributed by atoms with Crippen molar-refractivity contribution >= 4 is 5.97 Å². The number of aliphatic carboxylic acids is 1. The van der Waals surface area contributed by atoms with E-state index in [0.29, 0.717) is 18.5 Å². The Labute approximate surface area is 107 Å². The highest BCUT2D eigenvalue weighted by molar-refractivity contribution is 5.66. The van der Waals surface area contributed by atoms with E-state index in [0.717, 1.165) is 6.54 Å². The van der Waals surface area contributed by atoms with E-state index in [-0.39, 0.29) is 18.2 Å². The van der Waals surface area contributed by atoms with Crippen LogP contribution in [-0.4, -0.2) is 36.1 Å². The number of hydrogen-bond donors (Lipinski definition) is 1. The number of hydrogen-bond acceptors (Lipinski definition) is 2. The van der Waals surface area contributed by atoms with Crippen LogP contribution in [0.2, 0.25) is 0 Å². The van der Waals surface area contributed by atoms with Crippen molar-refractivity contribution in [2.24, 2.45) is 5.92 Å². The first kappa shape index (κ1) is 14.6. The van der Waals surface area contributed by atoms with Gasteiger partial charge in [0.15, 0.2) is 0 Å². The van der Waals surface area contributed by atoms with Gasteiger partial charge in [0, 0.05) is 19.5 Å². The standard InChI is InChI=1S/C14H20FNO2/c1-11(9-14(17)18)10-16(2)8-7-12-5-3-4-6-13(12)15/h3-6,11H,7-10H2,1-2H3,(H,17,18). The van der Waals surface area contributed by atoms with Crippen LogP contribution in [0.25, 0.3) is 0 Å². The lowest BCUT2D eigenvalue weighted by Crippen LogP contribution is -2.27. The molecule has 1 unspecified atom stereocenters. The fourth-order valence-corrected chi connectivity index (χ4v) is 2.00. The van der Waals surface area contributed by atoms with Crippen LogP contribution in [0, 0.1) is 11.7 Å². The van der Waals surface area contributed by atoms with E-state index in [1.54, 1.807) is 12.1 Å². The topological polar surface area (TPSA) is 40.5 Å². The Morgan fingerprint density at radius 3 is 2.72 bits per heavy atom. The molecule has 0 aliphatic rings. The molecule has 1 atom stereocenters. The maximum atomic E-state index is 13.4. The number of likely N-dealkylation sites (N-methyl/N-ethyl adjacent to an activating group) is 1. The molecule has 0 fully saturated rings. The quantitative estimate of drug-likeness (QED) is 0.811. The number of nitrogens with zero attached hydrogens (tertiary/aromatic N) is 1. The van der Waals surface area contributed by atoms with Crippen molar-refractivity contribution in [1.82, 2.24) is 4.90 Å². The van der Waals surface area contributed by atoms with E-state index in [9.17, 15) is 9.18 Å². The molecule has 0 radical (unpaired) electrons. The molecule has 0 spiro atoms. The van der Waals surface area contributed by atoms with E-state index < -0.39 is 5.97 Å². The largest absolute Gasteiger partial charge is 0.481 e. The summed E-state index contributed by atoms with van der Waals surface area (Å²) in [6, 6.07) is 6.75. The molecule has 1 aromatic carbocycles. The summed E-state index contributed by atoms with van der Waals surface area (Å²) in [5.41, 5.74) is 0.704. The Morgan fingerprint density at radius 2 is 2.11 bits per heavy atom. The number of benzene rings is 1. The average Bonchev–Trinajstić information content (AvgIpc) is 2.26. The van der Waals surface area contributed by atoms with Crippen molar-refractivity contribution < 1.29 is 14.3 Å². The van der Waals surface area contributed by atoms with Crippen LogP contribution in [-0.2, 0) is 11.2 Å². The highest BCUT2D eigenvalue weighted by atomic mass is 19.1. The lowest BCUT2D eigenvalue weighted by molar-refractivity contribution is -0.138. The van der Waals surface area contributed by atoms with E-state index >= 15 is 0 Å². The summed E-state index contributed by atoms with van der Waals surface area (Å²) in [5.74, 6) is -0.845. The Morgan fingerprint density at radius 1 is 1.44 bits per heavy atom. The third-order valence-electron chi connectivity index (χ3n) is 2.87. The minimum absolute atomic E-state index is 0.105. The third kappa shape index (κ3) is 5.27. The number of halogens is 1. The number of carbonyl (C=O) groups is 1. The molecule has 0 aromatic heterocycles. The van der Waals surface area contributed by atoms with Crippen LogP contribution >= 0.6 is 0 Å². The van der Waals surface area contributed by atoms with Gasteiger partial charge >= 0.3 is 5.97 Å². The second-order valence-corrected chi connectivity index (χ2v) is 4.81. The van der Waals surface area contributed by atoms with Gasteiger partial charge in [0.2, 0.25) is 0 Å². The summed E-state index contributed by atoms with van der Waals surface area (Å²) in [5, 5.41) is 8.67. The van der Waals surface area contributed by atoms with Crippen LogP contribution in [0.5, 0.6) is 0 Å². The van der Waals surface area contributed by atoms with Gasteiger partial charge in [-0.1, -0.05) is 25.1 Å². The lowest BCUT2D eigenvalue weighted by Gasteiger charge is -2.20. The maximum Gasteiger partial charge on any atom is 0.303 e. The van der Waals surface area contributed by atoms with Gasteiger partial charge in [0.25, 0.3) is 0 Å². The molecule has 0 saturated carbocycles. The number of rotatable bonds is 7. The maximum absolute atomic E-state index is 13.4. The first-order chi connectivity index (χ1) is 8.49. The third-order valence-corrected chi connectivity index (χ3v) is 2.87. The summed E-state index contributed by atoms with van der Waals surface area (Å²) in [6.45, 7) is 3.35. The molecular formula is C14H20FNO2. The molecule has 0 heterocycles. The molecule has 1 rings (SSSR count). The SMILES string of the molecule is CC(CC(=O)O)CN(C)CCc1ccccc1F. The van der Waals surface area contributed by atoms with Gasteiger partial charge in [0.05, 0.1) is 0 Å². The van der Waals surface area contributed by atoms with Gasteiger partial charge < -0.3 is 10.0 Å². The summed E-state index contributed by atoms with van der Waals surface area (Å²) in [7, 11) is 1.93. The molecule has 0 bridgehead atoms. The first-order valence-electron chi connectivity index (χ1n) is 6.12. The summed E-state index contributed by atoms with van der Waals surface area (Å²) in [6.07, 6.45) is 0.813. The normalized spacial score (nSPS) is 12.7. The summed E-state index contributed by atoms with van der Waals surface area (Å²) in [4.78, 5) is 12.6. The van der Waals surface area contributed by atoms with Crippen LogP contribution in [0.1, 0.15) is 18.9 Å². The minimum Gasteiger partial charge on any atom is -0.481 e. The Hall–Kier alpha value is -1.42. The lowest BCUT2D eigenvalue weighted by atomic mass is 10.1. The zero-order valence-electron chi connectivity index (χ0n) is 10.9. The van der Waals surface area contributed by atoms with Crippen molar-refractivity contribution in [3.63, 3.8) is 0 Å². The minimum atomic E-state index is -0.773. The van der Waals surface area contributed by atoms with E-state index in [1.807, 2.05) is 24.9 Å². The van der Waals surface area contributed by atoms with Crippen molar-refractivity contribution in [2.45, 2.75) is 19.8 Å². The van der Waals surface area contributed by atoms with E-state index in [4.69, 9.17) is 5.11 Å². The van der Waals surface area contributed by atoms with Crippen LogP contribution in [0.3, 0.4) is 0 Å². The Balaban J connectivity index is 2.35. The van der Waals surface area contributed by atoms with Crippen LogP contribution < -0.4 is 0 Å². The van der Waals surface area contributed by atoms with Gasteiger partial charge in [-0.15, -0.1) is 0 Å². The van der Waals surface area contributed by atoms with Gasteiger partial charge in [-0.25, -0.2) is 4.39 Å². The second kappa shape index (κ2) is 7.11. The van der Waals surface area contributed by atoms with Crippen molar-refractivity contribution in [3.05, 3.63) is 35.6 Å². The molecular weight excluding hydrogens is 233 g/mol. The molecule has 18 heavy (non-hydrogen) atoms. The van der Waals surface area contributed by atoms with Gasteiger partial charge in [-0.05, 0) is 31.0 Å². The molecule has 0 amide bonds. The summed E-state index contributed by atoms with van der Waals surface area (Å²) < 4.78 is 13.4. The van der Waals surface area contributed by atoms with Crippen molar-refractivity contribution in [2.75, 3.05) is 20.1 Å². The Kier molecular flexibility index (Phi) is 5.78. The average molecular weight is 253 g/mol. The second-order valence-electron chi connectivity index (χ2n) is 4.81.